The summed E-state index contributed by atoms with van der Waals surface area (Å²) >= 11 is 0. The smallest absolute Gasteiger partial charge is 0.224 e. The van der Waals surface area contributed by atoms with Crippen LogP contribution in [0.2, 0.25) is 0 Å². The third-order valence-electron chi connectivity index (χ3n) is 6.11. The van der Waals surface area contributed by atoms with E-state index in [0.717, 1.165) is 38.3 Å². The first-order valence-corrected chi connectivity index (χ1v) is 10.7. The highest BCUT2D eigenvalue weighted by Crippen LogP contribution is 2.26. The number of nitrogens with zero attached hydrogens (tertiary/aromatic N) is 4. The van der Waals surface area contributed by atoms with E-state index in [0.29, 0.717) is 29.4 Å². The minimum Gasteiger partial charge on any atom is -0.366 e. The van der Waals surface area contributed by atoms with Gasteiger partial charge in [-0.15, -0.1) is 0 Å². The van der Waals surface area contributed by atoms with Crippen molar-refractivity contribution in [3.63, 3.8) is 0 Å². The Morgan fingerprint density at radius 2 is 2.00 bits per heavy atom. The summed E-state index contributed by atoms with van der Waals surface area (Å²) in [6.45, 7) is 7.85. The Labute approximate surface area is 163 Å². The van der Waals surface area contributed by atoms with E-state index < -0.39 is 0 Å². The second kappa shape index (κ2) is 9.89. The molecule has 1 atom stereocenters. The van der Waals surface area contributed by atoms with Gasteiger partial charge in [0.05, 0.1) is 6.20 Å². The fourth-order valence-electron chi connectivity index (χ4n) is 4.23. The van der Waals surface area contributed by atoms with Crippen molar-refractivity contribution < 1.29 is 0 Å². The SMILES string of the molecule is CC1CCC(Nc2nc(NCCCN3CCCCC3C)ncc2C#N)CC1. The quantitative estimate of drug-likeness (QED) is 0.706. The zero-order valence-electron chi connectivity index (χ0n) is 16.9. The summed E-state index contributed by atoms with van der Waals surface area (Å²) in [5.74, 6) is 2.11. The lowest BCUT2D eigenvalue weighted by molar-refractivity contribution is 0.160. The van der Waals surface area contributed by atoms with Crippen molar-refractivity contribution in [2.24, 2.45) is 5.92 Å². The third-order valence-corrected chi connectivity index (χ3v) is 6.11. The molecule has 1 aliphatic carbocycles. The van der Waals surface area contributed by atoms with Crippen molar-refractivity contribution in [1.82, 2.24) is 14.9 Å². The number of hydrogen-bond donors (Lipinski definition) is 2. The second-order valence-corrected chi connectivity index (χ2v) is 8.33. The van der Waals surface area contributed by atoms with Crippen LogP contribution in [-0.4, -0.2) is 46.6 Å². The highest BCUT2D eigenvalue weighted by atomic mass is 15.2. The van der Waals surface area contributed by atoms with Gasteiger partial charge in [0, 0.05) is 25.2 Å². The molecular formula is C21H34N6. The molecule has 0 amide bonds. The van der Waals surface area contributed by atoms with Crippen molar-refractivity contribution in [2.45, 2.75) is 77.3 Å². The lowest BCUT2D eigenvalue weighted by Gasteiger charge is -2.33. The van der Waals surface area contributed by atoms with Crippen LogP contribution in [0.4, 0.5) is 11.8 Å². The first-order chi connectivity index (χ1) is 13.2. The molecule has 0 bridgehead atoms. The summed E-state index contributed by atoms with van der Waals surface area (Å²) < 4.78 is 0. The molecule has 2 heterocycles. The van der Waals surface area contributed by atoms with Gasteiger partial charge in [-0.3, -0.25) is 0 Å². The van der Waals surface area contributed by atoms with E-state index in [1.807, 2.05) is 0 Å². The van der Waals surface area contributed by atoms with Crippen LogP contribution in [0.15, 0.2) is 6.20 Å². The van der Waals surface area contributed by atoms with E-state index in [2.05, 4.69) is 45.4 Å². The molecule has 1 unspecified atom stereocenters. The maximum atomic E-state index is 9.37. The van der Waals surface area contributed by atoms with Crippen LogP contribution in [0.1, 0.15) is 70.8 Å². The van der Waals surface area contributed by atoms with Gasteiger partial charge in [-0.2, -0.15) is 10.2 Å². The van der Waals surface area contributed by atoms with Crippen molar-refractivity contribution in [3.8, 4) is 6.07 Å². The fraction of sp³-hybridized carbons (Fsp3) is 0.762. The molecule has 148 valence electrons. The van der Waals surface area contributed by atoms with Gasteiger partial charge in [-0.1, -0.05) is 13.3 Å². The summed E-state index contributed by atoms with van der Waals surface area (Å²) in [6, 6.07) is 3.34. The Morgan fingerprint density at radius 3 is 2.74 bits per heavy atom. The van der Waals surface area contributed by atoms with Gasteiger partial charge in [-0.05, 0) is 64.3 Å². The molecule has 6 nitrogen and oxygen atoms in total. The Kier molecular flexibility index (Phi) is 7.28. The van der Waals surface area contributed by atoms with E-state index in [1.54, 1.807) is 6.20 Å². The predicted molar refractivity (Wildman–Crippen MR) is 110 cm³/mol. The standard InChI is InChI=1S/C21H34N6/c1-16-7-9-19(10-8-16)25-20-18(14-22)15-24-21(26-20)23-11-5-13-27-12-4-3-6-17(27)2/h15-17,19H,3-13H2,1-2H3,(H2,23,24,25,26). The molecule has 3 rings (SSSR count). The van der Waals surface area contributed by atoms with Crippen molar-refractivity contribution in [2.75, 3.05) is 30.3 Å². The van der Waals surface area contributed by atoms with Gasteiger partial charge in [0.1, 0.15) is 17.5 Å². The first-order valence-electron chi connectivity index (χ1n) is 10.7. The summed E-state index contributed by atoms with van der Waals surface area (Å²) in [4.78, 5) is 11.5. The highest BCUT2D eigenvalue weighted by Gasteiger charge is 2.20. The maximum absolute atomic E-state index is 9.37. The van der Waals surface area contributed by atoms with Gasteiger partial charge >= 0.3 is 0 Å². The molecule has 2 fully saturated rings. The number of aromatic nitrogens is 2. The number of piperidine rings is 1. The largest absolute Gasteiger partial charge is 0.366 e. The predicted octanol–water partition coefficient (Wildman–Crippen LogP) is 4.02. The molecule has 0 radical (unpaired) electrons. The molecule has 2 aliphatic rings. The topological polar surface area (TPSA) is 76.9 Å². The average molecular weight is 371 g/mol. The van der Waals surface area contributed by atoms with E-state index >= 15 is 0 Å². The molecule has 1 saturated carbocycles. The van der Waals surface area contributed by atoms with Crippen LogP contribution in [0.25, 0.3) is 0 Å². The van der Waals surface area contributed by atoms with Gasteiger partial charge in [0.2, 0.25) is 5.95 Å². The van der Waals surface area contributed by atoms with Crippen LogP contribution < -0.4 is 10.6 Å². The highest BCUT2D eigenvalue weighted by molar-refractivity contribution is 5.53. The van der Waals surface area contributed by atoms with Crippen LogP contribution >= 0.6 is 0 Å². The Hall–Kier alpha value is -1.87. The molecule has 6 heteroatoms. The molecule has 1 aromatic heterocycles. The maximum Gasteiger partial charge on any atom is 0.224 e. The average Bonchev–Trinajstić information content (AvgIpc) is 2.68. The number of anilines is 2. The van der Waals surface area contributed by atoms with Crippen LogP contribution in [0.5, 0.6) is 0 Å². The van der Waals surface area contributed by atoms with Crippen LogP contribution in [0, 0.1) is 17.2 Å². The van der Waals surface area contributed by atoms with Crippen molar-refractivity contribution >= 4 is 11.8 Å². The van der Waals surface area contributed by atoms with Gasteiger partial charge in [0.15, 0.2) is 0 Å². The lowest BCUT2D eigenvalue weighted by atomic mass is 9.87. The molecule has 1 aliphatic heterocycles. The molecular weight excluding hydrogens is 336 g/mol. The molecule has 1 aromatic rings. The normalized spacial score (nSPS) is 26.3. The number of likely N-dealkylation sites (tertiary alicyclic amines) is 1. The second-order valence-electron chi connectivity index (χ2n) is 8.33. The van der Waals surface area contributed by atoms with E-state index in [-0.39, 0.29) is 0 Å². The van der Waals surface area contributed by atoms with Crippen molar-refractivity contribution in [1.29, 1.82) is 5.26 Å². The summed E-state index contributed by atoms with van der Waals surface area (Å²) in [7, 11) is 0. The first kappa shape index (κ1) is 19.9. The molecule has 27 heavy (non-hydrogen) atoms. The van der Waals surface area contributed by atoms with E-state index in [4.69, 9.17) is 0 Å². The third kappa shape index (κ3) is 5.80. The Balaban J connectivity index is 1.49. The Bertz CT molecular complexity index is 632. The van der Waals surface area contributed by atoms with E-state index in [9.17, 15) is 5.26 Å². The minimum absolute atomic E-state index is 0.414. The number of nitriles is 1. The number of nitrogens with one attached hydrogen (secondary N) is 2. The number of hydrogen-bond acceptors (Lipinski definition) is 6. The van der Waals surface area contributed by atoms with Gasteiger partial charge in [-0.25, -0.2) is 4.98 Å². The number of rotatable bonds is 7. The molecule has 2 N–H and O–H groups in total. The summed E-state index contributed by atoms with van der Waals surface area (Å²) in [5, 5.41) is 16.2. The van der Waals surface area contributed by atoms with E-state index in [1.165, 1.54) is 38.6 Å². The minimum atomic E-state index is 0.414. The summed E-state index contributed by atoms with van der Waals surface area (Å²) in [6.07, 6.45) is 11.5. The summed E-state index contributed by atoms with van der Waals surface area (Å²) in [5.41, 5.74) is 0.529. The van der Waals surface area contributed by atoms with Crippen molar-refractivity contribution in [3.05, 3.63) is 11.8 Å². The van der Waals surface area contributed by atoms with Gasteiger partial charge in [0.25, 0.3) is 0 Å². The zero-order chi connectivity index (χ0) is 19.1. The molecule has 0 aromatic carbocycles. The van der Waals surface area contributed by atoms with Crippen LogP contribution in [-0.2, 0) is 0 Å². The molecule has 1 saturated heterocycles. The fourth-order valence-corrected chi connectivity index (χ4v) is 4.23. The van der Waals surface area contributed by atoms with Gasteiger partial charge < -0.3 is 15.5 Å². The lowest BCUT2D eigenvalue weighted by Crippen LogP contribution is -2.38. The monoisotopic (exact) mass is 370 g/mol. The van der Waals surface area contributed by atoms with Crippen LogP contribution in [0.3, 0.4) is 0 Å². The zero-order valence-corrected chi connectivity index (χ0v) is 16.9. The Morgan fingerprint density at radius 1 is 1.19 bits per heavy atom. The molecule has 0 spiro atoms.